The van der Waals surface area contributed by atoms with E-state index in [2.05, 4.69) is 46.0 Å². The maximum absolute atomic E-state index is 5.74. The van der Waals surface area contributed by atoms with Gasteiger partial charge in [-0.05, 0) is 42.5 Å². The van der Waals surface area contributed by atoms with Crippen LogP contribution in [0.1, 0.15) is 38.2 Å². The summed E-state index contributed by atoms with van der Waals surface area (Å²) in [6.45, 7) is 5.27. The summed E-state index contributed by atoms with van der Waals surface area (Å²) in [5.41, 5.74) is 8.26. The third kappa shape index (κ3) is 3.48. The molecule has 2 rings (SSSR count). The summed E-state index contributed by atoms with van der Waals surface area (Å²) < 4.78 is 1.14. The molecule has 0 saturated carbocycles. The molecule has 3 heteroatoms. The highest BCUT2D eigenvalue weighted by molar-refractivity contribution is 9.10. The fraction of sp³-hybridized carbons (Fsp3) is 0.600. The van der Waals surface area contributed by atoms with Gasteiger partial charge in [-0.3, -0.25) is 0 Å². The van der Waals surface area contributed by atoms with Crippen molar-refractivity contribution in [3.63, 3.8) is 0 Å². The fourth-order valence-corrected chi connectivity index (χ4v) is 3.35. The number of piperidine rings is 1. The first-order valence-corrected chi connectivity index (χ1v) is 7.76. The minimum atomic E-state index is 0.610. The monoisotopic (exact) mass is 310 g/mol. The first-order valence-electron chi connectivity index (χ1n) is 6.97. The predicted octanol–water partition coefficient (Wildman–Crippen LogP) is 3.92. The number of nitrogens with two attached hydrogens (primary N) is 1. The summed E-state index contributed by atoms with van der Waals surface area (Å²) >= 11 is 3.57. The quantitative estimate of drug-likeness (QED) is 0.913. The number of hydrogen-bond donors (Lipinski definition) is 1. The zero-order chi connectivity index (χ0) is 13.0. The second-order valence-corrected chi connectivity index (χ2v) is 6.16. The fourth-order valence-electron chi connectivity index (χ4n) is 2.82. The van der Waals surface area contributed by atoms with Crippen molar-refractivity contribution >= 4 is 21.6 Å². The van der Waals surface area contributed by atoms with E-state index in [0.29, 0.717) is 6.54 Å². The van der Waals surface area contributed by atoms with E-state index in [9.17, 15) is 0 Å². The van der Waals surface area contributed by atoms with E-state index in [-0.39, 0.29) is 0 Å². The van der Waals surface area contributed by atoms with Crippen molar-refractivity contribution < 1.29 is 0 Å². The van der Waals surface area contributed by atoms with Gasteiger partial charge >= 0.3 is 0 Å². The molecule has 0 bridgehead atoms. The van der Waals surface area contributed by atoms with E-state index in [1.54, 1.807) is 0 Å². The first-order chi connectivity index (χ1) is 8.72. The van der Waals surface area contributed by atoms with Crippen molar-refractivity contribution in [3.05, 3.63) is 28.2 Å². The molecule has 1 aliphatic heterocycles. The van der Waals surface area contributed by atoms with Crippen LogP contribution in [0.25, 0.3) is 0 Å². The lowest BCUT2D eigenvalue weighted by atomic mass is 9.92. The van der Waals surface area contributed by atoms with Gasteiger partial charge in [0, 0.05) is 29.8 Å². The van der Waals surface area contributed by atoms with Gasteiger partial charge in [0.05, 0.1) is 0 Å². The minimum Gasteiger partial charge on any atom is -0.371 e. The highest BCUT2D eigenvalue weighted by Crippen LogP contribution is 2.28. The number of anilines is 1. The highest BCUT2D eigenvalue weighted by Gasteiger charge is 2.19. The van der Waals surface area contributed by atoms with Crippen LogP contribution in [0.15, 0.2) is 22.7 Å². The Morgan fingerprint density at radius 2 is 2.00 bits per heavy atom. The van der Waals surface area contributed by atoms with Gasteiger partial charge < -0.3 is 10.6 Å². The number of nitrogens with zero attached hydrogens (tertiary/aromatic N) is 1. The summed E-state index contributed by atoms with van der Waals surface area (Å²) in [4.78, 5) is 2.50. The van der Waals surface area contributed by atoms with Crippen molar-refractivity contribution in [2.45, 2.75) is 39.2 Å². The topological polar surface area (TPSA) is 29.3 Å². The summed E-state index contributed by atoms with van der Waals surface area (Å²) in [7, 11) is 0. The van der Waals surface area contributed by atoms with Crippen LogP contribution in [0, 0.1) is 5.92 Å². The molecule has 18 heavy (non-hydrogen) atoms. The normalized spacial score (nSPS) is 17.2. The maximum Gasteiger partial charge on any atom is 0.0380 e. The van der Waals surface area contributed by atoms with Crippen LogP contribution in [-0.2, 0) is 6.54 Å². The lowest BCUT2D eigenvalue weighted by Gasteiger charge is -2.34. The van der Waals surface area contributed by atoms with E-state index in [1.807, 2.05) is 0 Å². The van der Waals surface area contributed by atoms with E-state index in [0.717, 1.165) is 10.4 Å². The Morgan fingerprint density at radius 3 is 2.61 bits per heavy atom. The Morgan fingerprint density at radius 1 is 1.28 bits per heavy atom. The molecule has 0 spiro atoms. The standard InChI is InChI=1S/C15H23BrN2/c1-2-3-12-4-6-18(7-5-12)15-9-13(11-17)8-14(16)10-15/h8-10,12H,2-7,11,17H2,1H3. The van der Waals surface area contributed by atoms with E-state index in [1.165, 1.54) is 50.0 Å². The van der Waals surface area contributed by atoms with Gasteiger partial charge in [0.2, 0.25) is 0 Å². The molecular weight excluding hydrogens is 288 g/mol. The Hall–Kier alpha value is -0.540. The lowest BCUT2D eigenvalue weighted by molar-refractivity contribution is 0.378. The molecule has 1 aromatic carbocycles. The molecule has 0 aliphatic carbocycles. The SMILES string of the molecule is CCCC1CCN(c2cc(Br)cc(CN)c2)CC1. The van der Waals surface area contributed by atoms with Gasteiger partial charge in [-0.2, -0.15) is 0 Å². The Bertz CT molecular complexity index is 384. The van der Waals surface area contributed by atoms with E-state index in [4.69, 9.17) is 5.73 Å². The molecule has 1 heterocycles. The first kappa shape index (κ1) is 13.9. The zero-order valence-corrected chi connectivity index (χ0v) is 12.7. The number of benzene rings is 1. The smallest absolute Gasteiger partial charge is 0.0380 e. The third-order valence-corrected chi connectivity index (χ3v) is 4.31. The van der Waals surface area contributed by atoms with Crippen LogP contribution >= 0.6 is 15.9 Å². The summed E-state index contributed by atoms with van der Waals surface area (Å²) in [5.74, 6) is 0.937. The summed E-state index contributed by atoms with van der Waals surface area (Å²) in [6.07, 6.45) is 5.37. The average molecular weight is 311 g/mol. The maximum atomic E-state index is 5.74. The molecule has 1 aliphatic rings. The molecule has 0 amide bonds. The van der Waals surface area contributed by atoms with Gasteiger partial charge in [-0.25, -0.2) is 0 Å². The predicted molar refractivity (Wildman–Crippen MR) is 81.9 cm³/mol. The third-order valence-electron chi connectivity index (χ3n) is 3.85. The van der Waals surface area contributed by atoms with Crippen LogP contribution in [0.5, 0.6) is 0 Å². The van der Waals surface area contributed by atoms with Crippen LogP contribution in [0.2, 0.25) is 0 Å². The molecule has 2 N–H and O–H groups in total. The molecule has 1 saturated heterocycles. The minimum absolute atomic E-state index is 0.610. The summed E-state index contributed by atoms with van der Waals surface area (Å²) in [5, 5.41) is 0. The second-order valence-electron chi connectivity index (χ2n) is 5.24. The molecular formula is C15H23BrN2. The molecule has 0 aromatic heterocycles. The van der Waals surface area contributed by atoms with Gasteiger partial charge in [0.15, 0.2) is 0 Å². The molecule has 2 nitrogen and oxygen atoms in total. The molecule has 1 fully saturated rings. The van der Waals surface area contributed by atoms with Crippen molar-refractivity contribution in [2.75, 3.05) is 18.0 Å². The Balaban J connectivity index is 2.02. The van der Waals surface area contributed by atoms with Crippen LogP contribution in [0.3, 0.4) is 0 Å². The summed E-state index contributed by atoms with van der Waals surface area (Å²) in [6, 6.07) is 6.54. The van der Waals surface area contributed by atoms with Crippen LogP contribution in [0.4, 0.5) is 5.69 Å². The number of hydrogen-bond acceptors (Lipinski definition) is 2. The van der Waals surface area contributed by atoms with Gasteiger partial charge in [0.1, 0.15) is 0 Å². The van der Waals surface area contributed by atoms with Crippen LogP contribution < -0.4 is 10.6 Å². The lowest BCUT2D eigenvalue weighted by Crippen LogP contribution is -2.33. The average Bonchev–Trinajstić information content (AvgIpc) is 2.39. The highest BCUT2D eigenvalue weighted by atomic mass is 79.9. The second kappa shape index (κ2) is 6.58. The van der Waals surface area contributed by atoms with Gasteiger partial charge in [-0.15, -0.1) is 0 Å². The molecule has 0 atom stereocenters. The molecule has 100 valence electrons. The van der Waals surface area contributed by atoms with Gasteiger partial charge in [-0.1, -0.05) is 35.7 Å². The number of rotatable bonds is 4. The van der Waals surface area contributed by atoms with Gasteiger partial charge in [0.25, 0.3) is 0 Å². The van der Waals surface area contributed by atoms with E-state index >= 15 is 0 Å². The van der Waals surface area contributed by atoms with Crippen molar-refractivity contribution in [1.82, 2.24) is 0 Å². The van der Waals surface area contributed by atoms with Crippen molar-refractivity contribution in [3.8, 4) is 0 Å². The Kier molecular flexibility index (Phi) is 5.07. The van der Waals surface area contributed by atoms with Crippen molar-refractivity contribution in [2.24, 2.45) is 11.7 Å². The molecule has 0 unspecified atom stereocenters. The largest absolute Gasteiger partial charge is 0.371 e. The van der Waals surface area contributed by atoms with E-state index < -0.39 is 0 Å². The molecule has 1 aromatic rings. The molecule has 0 radical (unpaired) electrons. The zero-order valence-electron chi connectivity index (χ0n) is 11.2. The Labute approximate surface area is 119 Å². The van der Waals surface area contributed by atoms with Crippen LogP contribution in [-0.4, -0.2) is 13.1 Å². The number of halogens is 1. The van der Waals surface area contributed by atoms with Crippen molar-refractivity contribution in [1.29, 1.82) is 0 Å².